The van der Waals surface area contributed by atoms with Crippen LogP contribution in [0.2, 0.25) is 0 Å². The average Bonchev–Trinajstić information content (AvgIpc) is 3.41. The molecule has 1 saturated heterocycles. The van der Waals surface area contributed by atoms with Gasteiger partial charge in [-0.1, -0.05) is 60.2 Å². The largest absolute Gasteiger partial charge is 0.459 e. The Bertz CT molecular complexity index is 1620. The monoisotopic (exact) mass is 544 g/mol. The van der Waals surface area contributed by atoms with Gasteiger partial charge in [-0.25, -0.2) is 0 Å². The van der Waals surface area contributed by atoms with Crippen LogP contribution >= 0.6 is 0 Å². The number of piperazine rings is 1. The van der Waals surface area contributed by atoms with E-state index in [2.05, 4.69) is 89.0 Å². The molecule has 3 aromatic carbocycles. The summed E-state index contributed by atoms with van der Waals surface area (Å²) in [7, 11) is 0. The first kappa shape index (κ1) is 26.9. The lowest BCUT2D eigenvalue weighted by molar-refractivity contribution is -0.120. The number of fused-ring (bicyclic) bond motifs is 1. The topological polar surface area (TPSA) is 70.4 Å². The first-order valence-corrected chi connectivity index (χ1v) is 14.3. The molecule has 0 radical (unpaired) electrons. The summed E-state index contributed by atoms with van der Waals surface area (Å²) < 4.78 is 6.42. The Morgan fingerprint density at radius 3 is 2.46 bits per heavy atom. The Labute approximate surface area is 241 Å². The van der Waals surface area contributed by atoms with Gasteiger partial charge in [-0.3, -0.25) is 14.7 Å². The molecule has 5 aromatic rings. The van der Waals surface area contributed by atoms with Crippen molar-refractivity contribution in [2.45, 2.75) is 32.4 Å². The average molecular weight is 545 g/mol. The minimum Gasteiger partial charge on any atom is -0.459 e. The molecule has 6 nitrogen and oxygen atoms in total. The quantitative estimate of drug-likeness (QED) is 0.255. The van der Waals surface area contributed by atoms with Crippen molar-refractivity contribution in [3.05, 3.63) is 136 Å². The van der Waals surface area contributed by atoms with Crippen molar-refractivity contribution in [3.8, 4) is 0 Å². The molecule has 6 rings (SSSR count). The number of furan rings is 1. The number of pyridine rings is 1. The molecule has 2 atom stereocenters. The fourth-order valence-electron chi connectivity index (χ4n) is 5.93. The van der Waals surface area contributed by atoms with Crippen LogP contribution in [0, 0.1) is 13.8 Å². The van der Waals surface area contributed by atoms with Gasteiger partial charge in [0.2, 0.25) is 5.91 Å². The van der Waals surface area contributed by atoms with E-state index >= 15 is 0 Å². The summed E-state index contributed by atoms with van der Waals surface area (Å²) in [6.45, 7) is 7.99. The number of hydrogen-bond acceptors (Lipinski definition) is 5. The molecule has 41 heavy (non-hydrogen) atoms. The third-order valence-electron chi connectivity index (χ3n) is 7.95. The van der Waals surface area contributed by atoms with Crippen LogP contribution in [0.15, 0.2) is 102 Å². The van der Waals surface area contributed by atoms with Crippen molar-refractivity contribution < 1.29 is 9.21 Å². The van der Waals surface area contributed by atoms with E-state index in [0.717, 1.165) is 59.6 Å². The molecule has 2 N–H and O–H groups in total. The van der Waals surface area contributed by atoms with Gasteiger partial charge in [0.05, 0.1) is 18.5 Å². The van der Waals surface area contributed by atoms with Gasteiger partial charge >= 0.3 is 0 Å². The summed E-state index contributed by atoms with van der Waals surface area (Å²) in [4.78, 5) is 20.1. The Hall–Kier alpha value is -4.26. The van der Waals surface area contributed by atoms with Crippen molar-refractivity contribution >= 4 is 16.9 Å². The number of aromatic nitrogens is 1. The lowest BCUT2D eigenvalue weighted by Crippen LogP contribution is -2.45. The zero-order valence-corrected chi connectivity index (χ0v) is 23.6. The summed E-state index contributed by atoms with van der Waals surface area (Å²) in [5.41, 5.74) is 7.50. The van der Waals surface area contributed by atoms with E-state index in [0.29, 0.717) is 0 Å². The van der Waals surface area contributed by atoms with Crippen molar-refractivity contribution in [2.75, 3.05) is 26.2 Å². The summed E-state index contributed by atoms with van der Waals surface area (Å²) in [6, 6.07) is 28.7. The van der Waals surface area contributed by atoms with E-state index < -0.39 is 0 Å². The van der Waals surface area contributed by atoms with Gasteiger partial charge in [0.15, 0.2) is 0 Å². The summed E-state index contributed by atoms with van der Waals surface area (Å²) in [6.07, 6.45) is 3.96. The molecule has 0 spiro atoms. The van der Waals surface area contributed by atoms with Crippen LogP contribution in [-0.2, 0) is 11.2 Å². The first-order valence-electron chi connectivity index (χ1n) is 14.3. The van der Waals surface area contributed by atoms with E-state index in [9.17, 15) is 4.79 Å². The van der Waals surface area contributed by atoms with Gasteiger partial charge < -0.3 is 15.1 Å². The standard InChI is InChI=1S/C35H36N4O2/c1-24-8-10-30(25(2)20-24)34(27-6-4-3-5-7-27)38-33(40)22-26-9-11-31-29(21-26)23-32(41-31)35(28-12-14-36-15-13-28)39-18-16-37-17-19-39/h3-15,20-21,23,34-35,37H,16-19,22H2,1-2H3,(H,38,40). The maximum atomic E-state index is 13.4. The van der Waals surface area contributed by atoms with Crippen LogP contribution in [0.5, 0.6) is 0 Å². The van der Waals surface area contributed by atoms with Crippen molar-refractivity contribution in [1.29, 1.82) is 0 Å². The minimum atomic E-state index is -0.214. The predicted molar refractivity (Wildman–Crippen MR) is 163 cm³/mol. The van der Waals surface area contributed by atoms with E-state index in [1.807, 2.05) is 42.7 Å². The third-order valence-corrected chi connectivity index (χ3v) is 7.95. The molecule has 0 bridgehead atoms. The maximum Gasteiger partial charge on any atom is 0.225 e. The Morgan fingerprint density at radius 2 is 1.71 bits per heavy atom. The van der Waals surface area contributed by atoms with E-state index in [1.165, 1.54) is 16.7 Å². The van der Waals surface area contributed by atoms with Crippen LogP contribution in [-0.4, -0.2) is 42.0 Å². The highest BCUT2D eigenvalue weighted by atomic mass is 16.3. The second kappa shape index (κ2) is 12.1. The maximum absolute atomic E-state index is 13.4. The van der Waals surface area contributed by atoms with E-state index in [-0.39, 0.29) is 24.4 Å². The zero-order chi connectivity index (χ0) is 28.2. The van der Waals surface area contributed by atoms with Crippen molar-refractivity contribution in [3.63, 3.8) is 0 Å². The number of hydrogen-bond donors (Lipinski definition) is 2. The molecule has 208 valence electrons. The smallest absolute Gasteiger partial charge is 0.225 e. The van der Waals surface area contributed by atoms with Crippen LogP contribution in [0.1, 0.15) is 51.2 Å². The van der Waals surface area contributed by atoms with Gasteiger partial charge in [0.25, 0.3) is 0 Å². The number of amides is 1. The SMILES string of the molecule is Cc1ccc(C(NC(=O)Cc2ccc3oc(C(c4ccncc4)N4CCNCC4)cc3c2)c2ccccc2)c(C)c1. The zero-order valence-electron chi connectivity index (χ0n) is 23.6. The second-order valence-corrected chi connectivity index (χ2v) is 10.9. The number of carbonyl (C=O) groups is 1. The highest BCUT2D eigenvalue weighted by molar-refractivity contribution is 5.83. The highest BCUT2D eigenvalue weighted by Gasteiger charge is 2.27. The first-order chi connectivity index (χ1) is 20.0. The van der Waals surface area contributed by atoms with Gasteiger partial charge in [0.1, 0.15) is 11.3 Å². The normalized spacial score (nSPS) is 15.5. The third kappa shape index (κ3) is 6.09. The van der Waals surface area contributed by atoms with Gasteiger partial charge in [0, 0.05) is 44.0 Å². The van der Waals surface area contributed by atoms with Crippen LogP contribution in [0.25, 0.3) is 11.0 Å². The molecule has 1 fully saturated rings. The molecule has 1 amide bonds. The van der Waals surface area contributed by atoms with Crippen molar-refractivity contribution in [1.82, 2.24) is 20.5 Å². The van der Waals surface area contributed by atoms with Gasteiger partial charge in [-0.05, 0) is 72.0 Å². The van der Waals surface area contributed by atoms with E-state index in [4.69, 9.17) is 4.42 Å². The van der Waals surface area contributed by atoms with Gasteiger partial charge in [-0.15, -0.1) is 0 Å². The van der Waals surface area contributed by atoms with Gasteiger partial charge in [-0.2, -0.15) is 0 Å². The molecule has 0 aliphatic carbocycles. The number of nitrogens with one attached hydrogen (secondary N) is 2. The number of rotatable bonds is 8. The number of aryl methyl sites for hydroxylation is 2. The van der Waals surface area contributed by atoms with Crippen molar-refractivity contribution in [2.24, 2.45) is 0 Å². The van der Waals surface area contributed by atoms with Crippen LogP contribution < -0.4 is 10.6 Å². The number of carbonyl (C=O) groups excluding carboxylic acids is 1. The molecule has 3 heterocycles. The second-order valence-electron chi connectivity index (χ2n) is 10.9. The molecular weight excluding hydrogens is 508 g/mol. The molecule has 0 saturated carbocycles. The predicted octanol–water partition coefficient (Wildman–Crippen LogP) is 5.89. The molecule has 1 aliphatic rings. The molecule has 2 aromatic heterocycles. The molecule has 1 aliphatic heterocycles. The fraction of sp³-hybridized carbons (Fsp3) is 0.257. The summed E-state index contributed by atoms with van der Waals surface area (Å²) in [5.74, 6) is 0.895. The Morgan fingerprint density at radius 1 is 0.927 bits per heavy atom. The molecule has 2 unspecified atom stereocenters. The molecular formula is C35H36N4O2. The van der Waals surface area contributed by atoms with E-state index in [1.54, 1.807) is 0 Å². The number of benzene rings is 3. The Kier molecular flexibility index (Phi) is 7.94. The fourth-order valence-corrected chi connectivity index (χ4v) is 5.93. The summed E-state index contributed by atoms with van der Waals surface area (Å²) in [5, 5.41) is 7.76. The Balaban J connectivity index is 1.25. The lowest BCUT2D eigenvalue weighted by Gasteiger charge is -2.34. The lowest BCUT2D eigenvalue weighted by atomic mass is 9.93. The van der Waals surface area contributed by atoms with Crippen LogP contribution in [0.3, 0.4) is 0 Å². The minimum absolute atomic E-state index is 0.0163. The summed E-state index contributed by atoms with van der Waals surface area (Å²) >= 11 is 0. The highest BCUT2D eigenvalue weighted by Crippen LogP contribution is 2.33. The van der Waals surface area contributed by atoms with Crippen LogP contribution in [0.4, 0.5) is 0 Å². The molecule has 6 heteroatoms. The number of nitrogens with zero attached hydrogens (tertiary/aromatic N) is 2.